The summed E-state index contributed by atoms with van der Waals surface area (Å²) in [6, 6.07) is 7.04. The molecular weight excluding hydrogens is 240 g/mol. The van der Waals surface area contributed by atoms with Gasteiger partial charge in [0.1, 0.15) is 6.61 Å². The number of carbonyl (C=O) groups is 1. The van der Waals surface area contributed by atoms with Crippen molar-refractivity contribution in [1.82, 2.24) is 4.98 Å². The highest BCUT2D eigenvalue weighted by atomic mass is 16.5. The summed E-state index contributed by atoms with van der Waals surface area (Å²) < 4.78 is 5.24. The molecular formula is C15H16N2O2. The molecule has 19 heavy (non-hydrogen) atoms. The number of ether oxygens (including phenoxy) is 1. The zero-order valence-corrected chi connectivity index (χ0v) is 11.0. The monoisotopic (exact) mass is 256 g/mol. The first-order valence-electron chi connectivity index (χ1n) is 6.00. The molecule has 0 aliphatic heterocycles. The Labute approximate surface area is 112 Å². The minimum atomic E-state index is -0.357. The first-order chi connectivity index (χ1) is 9.06. The second kappa shape index (κ2) is 5.52. The second-order valence-electron chi connectivity index (χ2n) is 4.52. The molecule has 2 aromatic rings. The predicted molar refractivity (Wildman–Crippen MR) is 73.7 cm³/mol. The van der Waals surface area contributed by atoms with E-state index in [1.807, 2.05) is 19.9 Å². The number of aromatic nitrogens is 1. The Morgan fingerprint density at radius 2 is 2.05 bits per heavy atom. The number of hydrogen-bond acceptors (Lipinski definition) is 4. The molecule has 2 rings (SSSR count). The fourth-order valence-electron chi connectivity index (χ4n) is 1.73. The van der Waals surface area contributed by atoms with Crippen molar-refractivity contribution in [1.29, 1.82) is 0 Å². The van der Waals surface area contributed by atoms with E-state index in [9.17, 15) is 4.79 Å². The van der Waals surface area contributed by atoms with Crippen molar-refractivity contribution in [2.45, 2.75) is 20.5 Å². The summed E-state index contributed by atoms with van der Waals surface area (Å²) in [7, 11) is 0. The van der Waals surface area contributed by atoms with Gasteiger partial charge in [-0.3, -0.25) is 4.98 Å². The predicted octanol–water partition coefficient (Wildman–Crippen LogP) is 2.64. The van der Waals surface area contributed by atoms with Crippen molar-refractivity contribution in [2.75, 3.05) is 5.73 Å². The number of benzene rings is 1. The Balaban J connectivity index is 2.03. The van der Waals surface area contributed by atoms with Gasteiger partial charge in [-0.15, -0.1) is 0 Å². The Kier molecular flexibility index (Phi) is 3.80. The van der Waals surface area contributed by atoms with Crippen molar-refractivity contribution < 1.29 is 9.53 Å². The van der Waals surface area contributed by atoms with E-state index in [1.54, 1.807) is 30.6 Å². The maximum Gasteiger partial charge on any atom is 0.338 e. The van der Waals surface area contributed by atoms with Crippen LogP contribution in [-0.4, -0.2) is 11.0 Å². The molecule has 0 atom stereocenters. The van der Waals surface area contributed by atoms with Gasteiger partial charge in [0.25, 0.3) is 0 Å². The summed E-state index contributed by atoms with van der Waals surface area (Å²) in [6.45, 7) is 4.02. The average Bonchev–Trinajstić information content (AvgIpc) is 2.39. The van der Waals surface area contributed by atoms with Gasteiger partial charge in [0.2, 0.25) is 0 Å². The molecule has 0 saturated carbocycles. The zero-order chi connectivity index (χ0) is 13.8. The topological polar surface area (TPSA) is 65.2 Å². The van der Waals surface area contributed by atoms with E-state index in [1.165, 1.54) is 0 Å². The summed E-state index contributed by atoms with van der Waals surface area (Å²) >= 11 is 0. The van der Waals surface area contributed by atoms with Crippen molar-refractivity contribution in [2.24, 2.45) is 0 Å². The minimum absolute atomic E-state index is 0.219. The van der Waals surface area contributed by atoms with E-state index in [4.69, 9.17) is 10.5 Å². The third kappa shape index (κ3) is 3.31. The summed E-state index contributed by atoms with van der Waals surface area (Å²) in [5.41, 5.74) is 9.66. The van der Waals surface area contributed by atoms with Crippen molar-refractivity contribution in [3.05, 3.63) is 58.9 Å². The summed E-state index contributed by atoms with van der Waals surface area (Å²) in [5, 5.41) is 0. The van der Waals surface area contributed by atoms with Crippen LogP contribution in [0.5, 0.6) is 0 Å². The van der Waals surface area contributed by atoms with E-state index in [0.717, 1.165) is 16.7 Å². The van der Waals surface area contributed by atoms with Crippen LogP contribution in [0, 0.1) is 13.8 Å². The van der Waals surface area contributed by atoms with Crippen molar-refractivity contribution in [3.8, 4) is 0 Å². The van der Waals surface area contributed by atoms with Gasteiger partial charge in [0.15, 0.2) is 0 Å². The van der Waals surface area contributed by atoms with E-state index in [0.29, 0.717) is 11.3 Å². The molecule has 98 valence electrons. The number of nitrogen functional groups attached to an aromatic ring is 1. The third-order valence-corrected chi connectivity index (χ3v) is 2.81. The largest absolute Gasteiger partial charge is 0.457 e. The van der Waals surface area contributed by atoms with E-state index in [2.05, 4.69) is 4.98 Å². The maximum atomic E-state index is 11.9. The molecule has 4 heteroatoms. The Bertz CT molecular complexity index is 609. The number of carbonyl (C=O) groups excluding carboxylic acids is 1. The lowest BCUT2D eigenvalue weighted by atomic mass is 10.1. The Morgan fingerprint density at radius 3 is 2.74 bits per heavy atom. The SMILES string of the molecule is Cc1cncc(COC(=O)c2ccc(N)c(C)c2)c1. The standard InChI is InChI=1S/C15H16N2O2/c1-10-5-12(8-17-7-10)9-19-15(18)13-3-4-14(16)11(2)6-13/h3-8H,9,16H2,1-2H3. The molecule has 0 spiro atoms. The smallest absolute Gasteiger partial charge is 0.338 e. The number of anilines is 1. The lowest BCUT2D eigenvalue weighted by Crippen LogP contribution is -2.06. The van der Waals surface area contributed by atoms with Crippen molar-refractivity contribution >= 4 is 11.7 Å². The fraction of sp³-hybridized carbons (Fsp3) is 0.200. The molecule has 0 saturated heterocycles. The van der Waals surface area contributed by atoms with Crippen molar-refractivity contribution in [3.63, 3.8) is 0 Å². The lowest BCUT2D eigenvalue weighted by Gasteiger charge is -2.07. The molecule has 4 nitrogen and oxygen atoms in total. The lowest BCUT2D eigenvalue weighted by molar-refractivity contribution is 0.0472. The number of pyridine rings is 1. The second-order valence-corrected chi connectivity index (χ2v) is 4.52. The highest BCUT2D eigenvalue weighted by Crippen LogP contribution is 2.14. The van der Waals surface area contributed by atoms with Crippen LogP contribution in [0.3, 0.4) is 0 Å². The van der Waals surface area contributed by atoms with Gasteiger partial charge in [-0.05, 0) is 49.2 Å². The molecule has 0 unspecified atom stereocenters. The number of nitrogens with two attached hydrogens (primary N) is 1. The van der Waals surface area contributed by atoms with Gasteiger partial charge >= 0.3 is 5.97 Å². The van der Waals surface area contributed by atoms with Crippen LogP contribution in [0.1, 0.15) is 27.0 Å². The summed E-state index contributed by atoms with van der Waals surface area (Å²) in [6.07, 6.45) is 3.45. The van der Waals surface area contributed by atoms with Crippen LogP contribution < -0.4 is 5.73 Å². The molecule has 1 aromatic heterocycles. The Morgan fingerprint density at radius 1 is 1.26 bits per heavy atom. The number of rotatable bonds is 3. The van der Waals surface area contributed by atoms with Crippen LogP contribution >= 0.6 is 0 Å². The number of nitrogens with zero attached hydrogens (tertiary/aromatic N) is 1. The van der Waals surface area contributed by atoms with Crippen LogP contribution in [0.2, 0.25) is 0 Å². The molecule has 0 bridgehead atoms. The molecule has 2 N–H and O–H groups in total. The van der Waals surface area contributed by atoms with Gasteiger partial charge in [0.05, 0.1) is 5.56 Å². The van der Waals surface area contributed by atoms with Gasteiger partial charge in [0, 0.05) is 23.6 Å². The fourth-order valence-corrected chi connectivity index (χ4v) is 1.73. The Hall–Kier alpha value is -2.36. The molecule has 0 radical (unpaired) electrons. The highest BCUT2D eigenvalue weighted by molar-refractivity contribution is 5.90. The molecule has 1 heterocycles. The van der Waals surface area contributed by atoms with Gasteiger partial charge in [-0.1, -0.05) is 0 Å². The van der Waals surface area contributed by atoms with Crippen LogP contribution in [-0.2, 0) is 11.3 Å². The number of aryl methyl sites for hydroxylation is 2. The quantitative estimate of drug-likeness (QED) is 0.677. The molecule has 1 aromatic carbocycles. The van der Waals surface area contributed by atoms with E-state index < -0.39 is 0 Å². The van der Waals surface area contributed by atoms with E-state index >= 15 is 0 Å². The number of hydrogen-bond donors (Lipinski definition) is 1. The van der Waals surface area contributed by atoms with Crippen LogP contribution in [0.25, 0.3) is 0 Å². The third-order valence-electron chi connectivity index (χ3n) is 2.81. The molecule has 0 aliphatic carbocycles. The van der Waals surface area contributed by atoms with Crippen LogP contribution in [0.15, 0.2) is 36.7 Å². The maximum absolute atomic E-state index is 11.9. The normalized spacial score (nSPS) is 10.2. The number of esters is 1. The van der Waals surface area contributed by atoms with Gasteiger partial charge in [-0.25, -0.2) is 4.79 Å². The first-order valence-corrected chi connectivity index (χ1v) is 6.00. The zero-order valence-electron chi connectivity index (χ0n) is 11.0. The van der Waals surface area contributed by atoms with E-state index in [-0.39, 0.29) is 12.6 Å². The minimum Gasteiger partial charge on any atom is -0.457 e. The average molecular weight is 256 g/mol. The molecule has 0 amide bonds. The highest BCUT2D eigenvalue weighted by Gasteiger charge is 2.08. The van der Waals surface area contributed by atoms with Crippen LogP contribution in [0.4, 0.5) is 5.69 Å². The molecule has 0 aliphatic rings. The molecule has 0 fully saturated rings. The first kappa shape index (κ1) is 13.1. The van der Waals surface area contributed by atoms with Gasteiger partial charge < -0.3 is 10.5 Å². The summed E-state index contributed by atoms with van der Waals surface area (Å²) in [5.74, 6) is -0.357. The van der Waals surface area contributed by atoms with Gasteiger partial charge in [-0.2, -0.15) is 0 Å². The summed E-state index contributed by atoms with van der Waals surface area (Å²) in [4.78, 5) is 15.9.